The molecule has 1 atom stereocenters. The first kappa shape index (κ1) is 14.9. The minimum Gasteiger partial charge on any atom is -0.320 e. The Morgan fingerprint density at radius 1 is 1.48 bits per heavy atom. The number of hydrogen-bond donors (Lipinski definition) is 0. The van der Waals surface area contributed by atoms with Gasteiger partial charge in [-0.3, -0.25) is 0 Å². The number of aromatic nitrogens is 3. The van der Waals surface area contributed by atoms with Crippen LogP contribution in [0.25, 0.3) is 11.0 Å². The fourth-order valence-corrected chi connectivity index (χ4v) is 3.49. The lowest BCUT2D eigenvalue weighted by atomic mass is 10.3. The number of imidazole rings is 1. The quantitative estimate of drug-likeness (QED) is 0.588. The van der Waals surface area contributed by atoms with Gasteiger partial charge in [0.05, 0.1) is 27.4 Å². The van der Waals surface area contributed by atoms with Gasteiger partial charge in [-0.2, -0.15) is 0 Å². The van der Waals surface area contributed by atoms with Crippen LogP contribution in [0.15, 0.2) is 22.8 Å². The number of thiazole rings is 1. The average molecular weight is 389 g/mol. The Kier molecular flexibility index (Phi) is 4.03. The lowest BCUT2D eigenvalue weighted by molar-refractivity contribution is 0.622. The van der Waals surface area contributed by atoms with Crippen LogP contribution in [0.3, 0.4) is 0 Å². The van der Waals surface area contributed by atoms with Crippen LogP contribution in [0.5, 0.6) is 0 Å². The van der Waals surface area contributed by atoms with Crippen LogP contribution in [-0.4, -0.2) is 14.5 Å². The smallest absolute Gasteiger partial charge is 0.139 e. The molecule has 0 spiro atoms. The predicted octanol–water partition coefficient (Wildman–Crippen LogP) is 5.05. The Morgan fingerprint density at radius 2 is 2.24 bits per heavy atom. The Labute approximate surface area is 138 Å². The highest BCUT2D eigenvalue weighted by molar-refractivity contribution is 9.10. The molecule has 0 aliphatic carbocycles. The Hall–Kier alpha value is -0.980. The third-order valence-corrected chi connectivity index (χ3v) is 4.84. The molecule has 0 aliphatic heterocycles. The van der Waals surface area contributed by atoms with Crippen molar-refractivity contribution in [2.75, 3.05) is 0 Å². The Balaban J connectivity index is 2.17. The molecule has 21 heavy (non-hydrogen) atoms. The molecule has 2 aromatic heterocycles. The van der Waals surface area contributed by atoms with Gasteiger partial charge in [0.2, 0.25) is 0 Å². The molecule has 0 N–H and O–H groups in total. The van der Waals surface area contributed by atoms with Gasteiger partial charge in [0.1, 0.15) is 16.6 Å². The number of rotatable bonds is 3. The van der Waals surface area contributed by atoms with Crippen molar-refractivity contribution in [3.05, 3.63) is 44.3 Å². The van der Waals surface area contributed by atoms with Gasteiger partial charge in [0.25, 0.3) is 0 Å². The van der Waals surface area contributed by atoms with Crippen molar-refractivity contribution < 1.29 is 4.39 Å². The Morgan fingerprint density at radius 3 is 2.86 bits per heavy atom. The fourth-order valence-electron chi connectivity index (χ4n) is 2.22. The number of hydrogen-bond acceptors (Lipinski definition) is 3. The average Bonchev–Trinajstić information content (AvgIpc) is 2.96. The first-order valence-corrected chi connectivity index (χ1v) is 8.41. The molecule has 0 radical (unpaired) electrons. The molecule has 0 saturated carbocycles. The van der Waals surface area contributed by atoms with Crippen molar-refractivity contribution in [3.63, 3.8) is 0 Å². The van der Waals surface area contributed by atoms with Crippen LogP contribution >= 0.6 is 38.9 Å². The summed E-state index contributed by atoms with van der Waals surface area (Å²) in [5.74, 6) is 0.392. The van der Waals surface area contributed by atoms with Gasteiger partial charge in [-0.25, -0.2) is 14.4 Å². The lowest BCUT2D eigenvalue weighted by Crippen LogP contribution is -2.05. The summed E-state index contributed by atoms with van der Waals surface area (Å²) in [5.41, 5.74) is 1.45. The number of halogens is 3. The van der Waals surface area contributed by atoms with Gasteiger partial charge in [0.15, 0.2) is 0 Å². The number of aryl methyl sites for hydroxylation is 1. The highest BCUT2D eigenvalue weighted by Gasteiger charge is 2.17. The van der Waals surface area contributed by atoms with E-state index in [2.05, 4.69) is 25.9 Å². The number of fused-ring (bicyclic) bond motifs is 1. The van der Waals surface area contributed by atoms with E-state index in [1.807, 2.05) is 24.6 Å². The van der Waals surface area contributed by atoms with E-state index >= 15 is 0 Å². The number of alkyl halides is 1. The summed E-state index contributed by atoms with van der Waals surface area (Å²) < 4.78 is 16.1. The van der Waals surface area contributed by atoms with E-state index in [-0.39, 0.29) is 11.2 Å². The molecule has 1 unspecified atom stereocenters. The molecule has 2 heterocycles. The Bertz CT molecular complexity index is 812. The van der Waals surface area contributed by atoms with E-state index in [1.165, 1.54) is 6.07 Å². The van der Waals surface area contributed by atoms with E-state index in [9.17, 15) is 4.39 Å². The van der Waals surface area contributed by atoms with E-state index < -0.39 is 0 Å². The summed E-state index contributed by atoms with van der Waals surface area (Å²) in [7, 11) is 0. The third kappa shape index (κ3) is 2.84. The van der Waals surface area contributed by atoms with E-state index in [0.29, 0.717) is 16.5 Å². The molecular formula is C14H12BrClFN3S. The molecule has 0 aliphatic rings. The summed E-state index contributed by atoms with van der Waals surface area (Å²) in [6.45, 7) is 4.46. The molecule has 7 heteroatoms. The lowest BCUT2D eigenvalue weighted by Gasteiger charge is -2.09. The molecule has 1 aromatic carbocycles. The van der Waals surface area contributed by atoms with Crippen LogP contribution < -0.4 is 0 Å². The first-order valence-electron chi connectivity index (χ1n) is 6.36. The predicted molar refractivity (Wildman–Crippen MR) is 87.6 cm³/mol. The van der Waals surface area contributed by atoms with Gasteiger partial charge in [-0.1, -0.05) is 0 Å². The van der Waals surface area contributed by atoms with Gasteiger partial charge in [0, 0.05) is 17.1 Å². The SMILES string of the molecule is Cc1cnc(Cn2c(C(C)Cl)nc3cc(F)c(Br)cc32)s1. The molecule has 0 saturated heterocycles. The third-order valence-electron chi connectivity index (χ3n) is 3.14. The fraction of sp³-hybridized carbons (Fsp3) is 0.286. The largest absolute Gasteiger partial charge is 0.320 e. The second-order valence-corrected chi connectivity index (χ2v) is 7.62. The molecule has 3 rings (SSSR count). The second kappa shape index (κ2) is 5.66. The molecule has 3 aromatic rings. The van der Waals surface area contributed by atoms with Gasteiger partial charge in [-0.05, 0) is 35.8 Å². The summed E-state index contributed by atoms with van der Waals surface area (Å²) in [5, 5.41) is 0.714. The molecule has 0 fully saturated rings. The highest BCUT2D eigenvalue weighted by atomic mass is 79.9. The molecule has 3 nitrogen and oxygen atoms in total. The number of nitrogens with zero attached hydrogens (tertiary/aromatic N) is 3. The molecule has 0 bridgehead atoms. The van der Waals surface area contributed by atoms with Crippen molar-refractivity contribution in [2.24, 2.45) is 0 Å². The first-order chi connectivity index (χ1) is 9.95. The standard InChI is InChI=1S/C14H12BrClFN3S/c1-7-5-18-13(21-7)6-20-12-3-9(15)10(17)4-11(12)19-14(20)8(2)16/h3-5,8H,6H2,1-2H3. The van der Waals surface area contributed by atoms with Gasteiger partial charge < -0.3 is 4.57 Å². The van der Waals surface area contributed by atoms with Gasteiger partial charge in [-0.15, -0.1) is 22.9 Å². The highest BCUT2D eigenvalue weighted by Crippen LogP contribution is 2.29. The van der Waals surface area contributed by atoms with Crippen molar-refractivity contribution in [2.45, 2.75) is 25.8 Å². The second-order valence-electron chi connectivity index (χ2n) is 4.79. The maximum atomic E-state index is 13.7. The molecular weight excluding hydrogens is 377 g/mol. The van der Waals surface area contributed by atoms with E-state index in [4.69, 9.17) is 11.6 Å². The molecule has 110 valence electrons. The zero-order valence-corrected chi connectivity index (χ0v) is 14.6. The zero-order chi connectivity index (χ0) is 15.1. The topological polar surface area (TPSA) is 30.7 Å². The van der Waals surface area contributed by atoms with Crippen molar-refractivity contribution in [1.82, 2.24) is 14.5 Å². The zero-order valence-electron chi connectivity index (χ0n) is 11.4. The van der Waals surface area contributed by atoms with Gasteiger partial charge >= 0.3 is 0 Å². The van der Waals surface area contributed by atoms with E-state index in [0.717, 1.165) is 21.2 Å². The van der Waals surface area contributed by atoms with Crippen LogP contribution in [0.1, 0.15) is 28.0 Å². The minimum atomic E-state index is -0.328. The summed E-state index contributed by atoms with van der Waals surface area (Å²) in [6.07, 6.45) is 1.85. The van der Waals surface area contributed by atoms with Crippen LogP contribution in [0.2, 0.25) is 0 Å². The van der Waals surface area contributed by atoms with Crippen LogP contribution in [0.4, 0.5) is 4.39 Å². The maximum Gasteiger partial charge on any atom is 0.139 e. The monoisotopic (exact) mass is 387 g/mol. The normalized spacial score (nSPS) is 13.0. The number of benzene rings is 1. The van der Waals surface area contributed by atoms with Crippen molar-refractivity contribution >= 4 is 49.9 Å². The van der Waals surface area contributed by atoms with Crippen molar-refractivity contribution in [3.8, 4) is 0 Å². The molecule has 0 amide bonds. The van der Waals surface area contributed by atoms with Crippen LogP contribution in [-0.2, 0) is 6.54 Å². The van der Waals surface area contributed by atoms with E-state index in [1.54, 1.807) is 17.4 Å². The minimum absolute atomic E-state index is 0.264. The summed E-state index contributed by atoms with van der Waals surface area (Å²) in [4.78, 5) is 10.00. The van der Waals surface area contributed by atoms with Crippen molar-refractivity contribution in [1.29, 1.82) is 0 Å². The van der Waals surface area contributed by atoms with Crippen LogP contribution in [0, 0.1) is 12.7 Å². The summed E-state index contributed by atoms with van der Waals surface area (Å²) in [6, 6.07) is 3.16. The maximum absolute atomic E-state index is 13.7. The summed E-state index contributed by atoms with van der Waals surface area (Å²) >= 11 is 11.1.